The zero-order valence-corrected chi connectivity index (χ0v) is 10.6. The molecule has 1 amide bonds. The minimum Gasteiger partial charge on any atom is -0.467 e. The molecule has 1 N–H and O–H groups in total. The topological polar surface area (TPSA) is 55.4 Å². The minimum absolute atomic E-state index is 0.135. The summed E-state index contributed by atoms with van der Waals surface area (Å²) in [6, 6.07) is 0. The Hall–Kier alpha value is -0.710. The number of thioether (sulfide) groups is 1. The Bertz CT molecular complexity index is 233. The molecule has 5 heteroatoms. The molecule has 0 fully saturated rings. The molecule has 0 aromatic rings. The van der Waals surface area contributed by atoms with Crippen LogP contribution in [0.3, 0.4) is 0 Å². The van der Waals surface area contributed by atoms with Gasteiger partial charge in [0.15, 0.2) is 0 Å². The number of amides is 1. The number of esters is 1. The molecule has 0 aromatic heterocycles. The van der Waals surface area contributed by atoms with E-state index >= 15 is 0 Å². The van der Waals surface area contributed by atoms with Crippen molar-refractivity contribution in [2.45, 2.75) is 32.2 Å². The average Bonchev–Trinajstić information content (AvgIpc) is 2.17. The van der Waals surface area contributed by atoms with E-state index in [1.807, 2.05) is 13.2 Å². The largest absolute Gasteiger partial charge is 0.467 e. The Morgan fingerprint density at radius 3 is 2.47 bits per heavy atom. The highest BCUT2D eigenvalue weighted by atomic mass is 32.2. The van der Waals surface area contributed by atoms with Crippen LogP contribution in [0.1, 0.15) is 26.7 Å². The van der Waals surface area contributed by atoms with Gasteiger partial charge < -0.3 is 10.1 Å². The van der Waals surface area contributed by atoms with Gasteiger partial charge in [0.2, 0.25) is 5.91 Å². The zero-order valence-electron chi connectivity index (χ0n) is 9.75. The molecule has 0 aliphatic carbocycles. The highest BCUT2D eigenvalue weighted by Gasteiger charge is 2.34. The van der Waals surface area contributed by atoms with Crippen molar-refractivity contribution in [1.82, 2.24) is 5.32 Å². The van der Waals surface area contributed by atoms with Crippen molar-refractivity contribution in [2.24, 2.45) is 0 Å². The second kappa shape index (κ2) is 6.71. The number of ether oxygens (including phenoxy) is 1. The fraction of sp³-hybridized carbons (Fsp3) is 0.800. The van der Waals surface area contributed by atoms with Crippen LogP contribution < -0.4 is 5.32 Å². The lowest BCUT2D eigenvalue weighted by Gasteiger charge is -2.27. The van der Waals surface area contributed by atoms with E-state index in [2.05, 4.69) is 10.1 Å². The van der Waals surface area contributed by atoms with E-state index in [1.54, 1.807) is 6.92 Å². The van der Waals surface area contributed by atoms with E-state index in [4.69, 9.17) is 0 Å². The first-order chi connectivity index (χ1) is 7.00. The fourth-order valence-electron chi connectivity index (χ4n) is 1.42. The molecule has 0 aliphatic rings. The summed E-state index contributed by atoms with van der Waals surface area (Å²) in [4.78, 5) is 22.9. The van der Waals surface area contributed by atoms with Gasteiger partial charge in [0.05, 0.1) is 12.9 Å². The summed E-state index contributed by atoms with van der Waals surface area (Å²) >= 11 is 1.42. The normalized spacial score (nSPS) is 14.1. The molecule has 88 valence electrons. The predicted molar refractivity (Wildman–Crippen MR) is 61.9 cm³/mol. The van der Waals surface area contributed by atoms with Crippen LogP contribution >= 0.6 is 11.8 Å². The smallest absolute Gasteiger partial charge is 0.331 e. The number of nitrogens with one attached hydrogen (secondary N) is 1. The lowest BCUT2D eigenvalue weighted by Crippen LogP contribution is -2.53. The number of hydrogen-bond acceptors (Lipinski definition) is 4. The van der Waals surface area contributed by atoms with Crippen molar-refractivity contribution in [3.8, 4) is 0 Å². The SMILES string of the molecule is CCCC(C)(NC(=O)CSC)C(=O)OC. The molecule has 1 unspecified atom stereocenters. The van der Waals surface area contributed by atoms with Crippen LogP contribution in [0.5, 0.6) is 0 Å². The Kier molecular flexibility index (Phi) is 6.40. The summed E-state index contributed by atoms with van der Waals surface area (Å²) in [5.74, 6) is -0.168. The van der Waals surface area contributed by atoms with Crippen LogP contribution in [0.2, 0.25) is 0 Å². The van der Waals surface area contributed by atoms with Gasteiger partial charge in [0.25, 0.3) is 0 Å². The van der Waals surface area contributed by atoms with Crippen LogP contribution in [-0.4, -0.2) is 36.5 Å². The molecule has 15 heavy (non-hydrogen) atoms. The van der Waals surface area contributed by atoms with Gasteiger partial charge in [-0.25, -0.2) is 4.79 Å². The molecule has 1 atom stereocenters. The number of carbonyl (C=O) groups excluding carboxylic acids is 2. The Morgan fingerprint density at radius 2 is 2.07 bits per heavy atom. The molecule has 0 spiro atoms. The lowest BCUT2D eigenvalue weighted by atomic mass is 9.96. The van der Waals surface area contributed by atoms with E-state index in [9.17, 15) is 9.59 Å². The summed E-state index contributed by atoms with van der Waals surface area (Å²) in [5, 5.41) is 2.71. The van der Waals surface area contributed by atoms with Crippen molar-refractivity contribution in [3.05, 3.63) is 0 Å². The van der Waals surface area contributed by atoms with Crippen LogP contribution in [0, 0.1) is 0 Å². The van der Waals surface area contributed by atoms with Crippen molar-refractivity contribution in [2.75, 3.05) is 19.1 Å². The van der Waals surface area contributed by atoms with Crippen molar-refractivity contribution in [3.63, 3.8) is 0 Å². The van der Waals surface area contributed by atoms with Crippen LogP contribution in [0.4, 0.5) is 0 Å². The van der Waals surface area contributed by atoms with Crippen molar-refractivity contribution < 1.29 is 14.3 Å². The van der Waals surface area contributed by atoms with Crippen molar-refractivity contribution in [1.29, 1.82) is 0 Å². The Labute approximate surface area is 95.1 Å². The van der Waals surface area contributed by atoms with Gasteiger partial charge >= 0.3 is 5.97 Å². The number of methoxy groups -OCH3 is 1. The van der Waals surface area contributed by atoms with E-state index < -0.39 is 5.54 Å². The molecule has 0 heterocycles. The zero-order chi connectivity index (χ0) is 11.9. The number of hydrogen-bond donors (Lipinski definition) is 1. The fourth-order valence-corrected chi connectivity index (χ4v) is 1.75. The summed E-state index contributed by atoms with van der Waals surface area (Å²) < 4.78 is 4.69. The first-order valence-electron chi connectivity index (χ1n) is 4.88. The van der Waals surface area contributed by atoms with Gasteiger partial charge in [0.1, 0.15) is 5.54 Å². The van der Waals surface area contributed by atoms with E-state index in [0.717, 1.165) is 6.42 Å². The molecule has 0 bridgehead atoms. The summed E-state index contributed by atoms with van der Waals surface area (Å²) in [7, 11) is 1.33. The highest BCUT2D eigenvalue weighted by molar-refractivity contribution is 7.99. The Morgan fingerprint density at radius 1 is 1.47 bits per heavy atom. The number of carbonyl (C=O) groups is 2. The molecule has 0 rings (SSSR count). The molecular weight excluding hydrogens is 214 g/mol. The average molecular weight is 233 g/mol. The molecule has 0 aromatic carbocycles. The maximum absolute atomic E-state index is 11.5. The summed E-state index contributed by atoms with van der Waals surface area (Å²) in [6.07, 6.45) is 3.24. The third kappa shape index (κ3) is 4.55. The van der Waals surface area contributed by atoms with Gasteiger partial charge in [0, 0.05) is 0 Å². The predicted octanol–water partition coefficient (Wildman–Crippen LogP) is 1.20. The molecule has 0 radical (unpaired) electrons. The molecule has 0 saturated carbocycles. The summed E-state index contributed by atoms with van der Waals surface area (Å²) in [6.45, 7) is 3.66. The molecule has 0 saturated heterocycles. The third-order valence-electron chi connectivity index (χ3n) is 2.08. The minimum atomic E-state index is -0.893. The van der Waals surface area contributed by atoms with E-state index in [-0.39, 0.29) is 11.9 Å². The van der Waals surface area contributed by atoms with E-state index in [1.165, 1.54) is 18.9 Å². The third-order valence-corrected chi connectivity index (χ3v) is 2.63. The lowest BCUT2D eigenvalue weighted by molar-refractivity contribution is -0.150. The van der Waals surface area contributed by atoms with Crippen LogP contribution in [0.15, 0.2) is 0 Å². The van der Waals surface area contributed by atoms with Gasteiger partial charge in [-0.15, -0.1) is 0 Å². The molecule has 4 nitrogen and oxygen atoms in total. The van der Waals surface area contributed by atoms with Gasteiger partial charge in [-0.1, -0.05) is 13.3 Å². The standard InChI is InChI=1S/C10H19NO3S/c1-5-6-10(2,9(13)14-3)11-8(12)7-15-4/h5-7H2,1-4H3,(H,11,12). The molecule has 0 aliphatic heterocycles. The maximum atomic E-state index is 11.5. The molecular formula is C10H19NO3S. The first kappa shape index (κ1) is 14.3. The van der Waals surface area contributed by atoms with Gasteiger partial charge in [-0.3, -0.25) is 4.79 Å². The van der Waals surface area contributed by atoms with Gasteiger partial charge in [-0.2, -0.15) is 11.8 Å². The second-order valence-electron chi connectivity index (χ2n) is 3.55. The van der Waals surface area contributed by atoms with Crippen LogP contribution in [-0.2, 0) is 14.3 Å². The highest BCUT2D eigenvalue weighted by Crippen LogP contribution is 2.14. The quantitative estimate of drug-likeness (QED) is 0.700. The Balaban J connectivity index is 4.50. The summed E-state index contributed by atoms with van der Waals surface area (Å²) in [5.41, 5.74) is -0.893. The van der Waals surface area contributed by atoms with Crippen molar-refractivity contribution >= 4 is 23.6 Å². The first-order valence-corrected chi connectivity index (χ1v) is 6.28. The monoisotopic (exact) mass is 233 g/mol. The maximum Gasteiger partial charge on any atom is 0.331 e. The second-order valence-corrected chi connectivity index (χ2v) is 4.42. The number of rotatable bonds is 6. The van der Waals surface area contributed by atoms with Crippen LogP contribution in [0.25, 0.3) is 0 Å². The van der Waals surface area contributed by atoms with Gasteiger partial charge in [-0.05, 0) is 19.6 Å². The van der Waals surface area contributed by atoms with E-state index in [0.29, 0.717) is 12.2 Å².